The molecule has 1 aliphatic heterocycles. The molecule has 0 radical (unpaired) electrons. The number of benzene rings is 2. The molecule has 112 valence electrons. The van der Waals surface area contributed by atoms with E-state index in [1.807, 2.05) is 30.3 Å². The van der Waals surface area contributed by atoms with Gasteiger partial charge in [0.2, 0.25) is 0 Å². The molecule has 0 aliphatic carbocycles. The van der Waals surface area contributed by atoms with Crippen LogP contribution in [-0.4, -0.2) is 12.5 Å². The third-order valence-electron chi connectivity index (χ3n) is 3.54. The lowest BCUT2D eigenvalue weighted by Gasteiger charge is -2.17. The minimum absolute atomic E-state index is 0.203. The van der Waals surface area contributed by atoms with E-state index in [0.717, 1.165) is 17.7 Å². The van der Waals surface area contributed by atoms with Gasteiger partial charge in [-0.05, 0) is 29.8 Å². The Morgan fingerprint density at radius 1 is 0.909 bits per heavy atom. The van der Waals surface area contributed by atoms with Crippen LogP contribution in [-0.2, 0) is 11.0 Å². The van der Waals surface area contributed by atoms with Crippen LogP contribution in [0, 0.1) is 0 Å². The summed E-state index contributed by atoms with van der Waals surface area (Å²) in [7, 11) is 0. The lowest BCUT2D eigenvalue weighted by molar-refractivity contribution is -0.137. The van der Waals surface area contributed by atoms with Crippen molar-refractivity contribution in [2.75, 3.05) is 11.4 Å². The number of rotatable bonds is 2. The first kappa shape index (κ1) is 14.4. The number of carbonyl (C=O) groups is 1. The number of hydrogen-bond acceptors (Lipinski definition) is 1. The van der Waals surface area contributed by atoms with Crippen molar-refractivity contribution >= 4 is 17.2 Å². The summed E-state index contributed by atoms with van der Waals surface area (Å²) in [5, 5.41) is 0. The molecule has 0 bridgehead atoms. The minimum Gasteiger partial charge on any atom is -0.305 e. The highest BCUT2D eigenvalue weighted by molar-refractivity contribution is 6.28. The zero-order valence-corrected chi connectivity index (χ0v) is 11.5. The molecule has 0 saturated heterocycles. The van der Waals surface area contributed by atoms with E-state index in [1.54, 1.807) is 6.08 Å². The molecule has 0 unspecified atom stereocenters. The highest BCUT2D eigenvalue weighted by Gasteiger charge is 2.31. The standard InChI is InChI=1S/C17H12F3NO/c18-17(19,20)13-6-8-14(9-7-13)21-11-10-15(16(21)22)12-4-2-1-3-5-12/h1-10H,11H2. The van der Waals surface area contributed by atoms with Gasteiger partial charge in [-0.25, -0.2) is 0 Å². The van der Waals surface area contributed by atoms with Crippen LogP contribution < -0.4 is 4.90 Å². The zero-order valence-electron chi connectivity index (χ0n) is 11.5. The van der Waals surface area contributed by atoms with Crippen molar-refractivity contribution in [2.24, 2.45) is 0 Å². The maximum absolute atomic E-state index is 12.6. The Kier molecular flexibility index (Phi) is 3.48. The molecular weight excluding hydrogens is 291 g/mol. The first-order valence-electron chi connectivity index (χ1n) is 6.71. The summed E-state index contributed by atoms with van der Waals surface area (Å²) in [6.45, 7) is 0.356. The van der Waals surface area contributed by atoms with Gasteiger partial charge in [-0.1, -0.05) is 36.4 Å². The summed E-state index contributed by atoms with van der Waals surface area (Å²) < 4.78 is 37.7. The quantitative estimate of drug-likeness (QED) is 0.816. The lowest BCUT2D eigenvalue weighted by Crippen LogP contribution is -2.26. The van der Waals surface area contributed by atoms with E-state index >= 15 is 0 Å². The summed E-state index contributed by atoms with van der Waals surface area (Å²) in [5.41, 5.74) is 1.11. The van der Waals surface area contributed by atoms with Crippen LogP contribution in [0.15, 0.2) is 60.7 Å². The molecular formula is C17H12F3NO. The van der Waals surface area contributed by atoms with Crippen LogP contribution in [0.4, 0.5) is 18.9 Å². The van der Waals surface area contributed by atoms with E-state index in [-0.39, 0.29) is 5.91 Å². The second-order valence-electron chi connectivity index (χ2n) is 4.94. The van der Waals surface area contributed by atoms with E-state index < -0.39 is 11.7 Å². The number of halogens is 3. The first-order valence-corrected chi connectivity index (χ1v) is 6.71. The van der Waals surface area contributed by atoms with Crippen molar-refractivity contribution in [1.82, 2.24) is 0 Å². The highest BCUT2D eigenvalue weighted by atomic mass is 19.4. The Bertz CT molecular complexity index is 718. The molecule has 0 aromatic heterocycles. The van der Waals surface area contributed by atoms with Crippen molar-refractivity contribution in [3.8, 4) is 0 Å². The molecule has 0 spiro atoms. The maximum Gasteiger partial charge on any atom is 0.416 e. The second-order valence-corrected chi connectivity index (χ2v) is 4.94. The molecule has 22 heavy (non-hydrogen) atoms. The van der Waals surface area contributed by atoms with Crippen LogP contribution >= 0.6 is 0 Å². The molecule has 0 atom stereocenters. The number of anilines is 1. The van der Waals surface area contributed by atoms with E-state index in [4.69, 9.17) is 0 Å². The second kappa shape index (κ2) is 5.33. The van der Waals surface area contributed by atoms with Gasteiger partial charge < -0.3 is 4.90 Å². The Hall–Kier alpha value is -2.56. The molecule has 2 aromatic carbocycles. The van der Waals surface area contributed by atoms with Gasteiger partial charge in [-0.3, -0.25) is 4.79 Å². The van der Waals surface area contributed by atoms with Crippen LogP contribution in [0.25, 0.3) is 5.57 Å². The monoisotopic (exact) mass is 303 g/mol. The number of carbonyl (C=O) groups excluding carboxylic acids is 1. The summed E-state index contributed by atoms with van der Waals surface area (Å²) in [6.07, 6.45) is -2.59. The average molecular weight is 303 g/mol. The number of nitrogens with zero attached hydrogens (tertiary/aromatic N) is 1. The van der Waals surface area contributed by atoms with E-state index in [0.29, 0.717) is 17.8 Å². The van der Waals surface area contributed by atoms with Crippen molar-refractivity contribution in [2.45, 2.75) is 6.18 Å². The van der Waals surface area contributed by atoms with Crippen LogP contribution in [0.1, 0.15) is 11.1 Å². The van der Waals surface area contributed by atoms with E-state index in [1.165, 1.54) is 17.0 Å². The lowest BCUT2D eigenvalue weighted by atomic mass is 10.1. The molecule has 2 nitrogen and oxygen atoms in total. The Morgan fingerprint density at radius 2 is 1.55 bits per heavy atom. The largest absolute Gasteiger partial charge is 0.416 e. The summed E-state index contributed by atoms with van der Waals surface area (Å²) in [4.78, 5) is 13.9. The van der Waals surface area contributed by atoms with Crippen molar-refractivity contribution in [3.63, 3.8) is 0 Å². The average Bonchev–Trinajstić information content (AvgIpc) is 2.89. The Balaban J connectivity index is 1.82. The topological polar surface area (TPSA) is 20.3 Å². The number of hydrogen-bond donors (Lipinski definition) is 0. The molecule has 1 heterocycles. The fourth-order valence-electron chi connectivity index (χ4n) is 2.41. The third-order valence-corrected chi connectivity index (χ3v) is 3.54. The smallest absolute Gasteiger partial charge is 0.305 e. The van der Waals surface area contributed by atoms with E-state index in [2.05, 4.69) is 0 Å². The Labute approximate surface area is 125 Å². The van der Waals surface area contributed by atoms with Gasteiger partial charge in [-0.15, -0.1) is 0 Å². The van der Waals surface area contributed by atoms with Gasteiger partial charge in [0.15, 0.2) is 0 Å². The molecule has 1 amide bonds. The fraction of sp³-hybridized carbons (Fsp3) is 0.118. The number of amides is 1. The van der Waals surface area contributed by atoms with Crippen LogP contribution in [0.5, 0.6) is 0 Å². The van der Waals surface area contributed by atoms with Gasteiger partial charge in [0.1, 0.15) is 0 Å². The SMILES string of the molecule is O=C1C(c2ccccc2)=CCN1c1ccc(C(F)(F)F)cc1. The van der Waals surface area contributed by atoms with Crippen molar-refractivity contribution < 1.29 is 18.0 Å². The molecule has 0 fully saturated rings. The summed E-state index contributed by atoms with van der Waals surface area (Å²) >= 11 is 0. The zero-order chi connectivity index (χ0) is 15.7. The molecule has 1 aliphatic rings. The summed E-state index contributed by atoms with van der Waals surface area (Å²) in [5.74, 6) is -0.203. The number of alkyl halides is 3. The molecule has 0 N–H and O–H groups in total. The van der Waals surface area contributed by atoms with Gasteiger partial charge in [-0.2, -0.15) is 13.2 Å². The van der Waals surface area contributed by atoms with Crippen LogP contribution in [0.2, 0.25) is 0 Å². The fourth-order valence-corrected chi connectivity index (χ4v) is 2.41. The van der Waals surface area contributed by atoms with Gasteiger partial charge in [0.05, 0.1) is 5.56 Å². The summed E-state index contributed by atoms with van der Waals surface area (Å²) in [6, 6.07) is 13.8. The molecule has 0 saturated carbocycles. The minimum atomic E-state index is -4.37. The maximum atomic E-state index is 12.6. The van der Waals surface area contributed by atoms with E-state index in [9.17, 15) is 18.0 Å². The first-order chi connectivity index (χ1) is 10.5. The normalized spacial score (nSPS) is 15.1. The third kappa shape index (κ3) is 2.62. The molecule has 3 rings (SSSR count). The predicted molar refractivity (Wildman–Crippen MR) is 78.2 cm³/mol. The van der Waals surface area contributed by atoms with Crippen LogP contribution in [0.3, 0.4) is 0 Å². The van der Waals surface area contributed by atoms with Crippen molar-refractivity contribution in [3.05, 3.63) is 71.8 Å². The van der Waals surface area contributed by atoms with Gasteiger partial charge in [0, 0.05) is 17.8 Å². The Morgan fingerprint density at radius 3 is 2.14 bits per heavy atom. The molecule has 5 heteroatoms. The highest BCUT2D eigenvalue weighted by Crippen LogP contribution is 2.32. The molecule has 2 aromatic rings. The van der Waals surface area contributed by atoms with Gasteiger partial charge >= 0.3 is 6.18 Å². The van der Waals surface area contributed by atoms with Crippen molar-refractivity contribution in [1.29, 1.82) is 0 Å². The van der Waals surface area contributed by atoms with Gasteiger partial charge in [0.25, 0.3) is 5.91 Å². The predicted octanol–water partition coefficient (Wildman–Crippen LogP) is 4.14.